The highest BCUT2D eigenvalue weighted by atomic mass is 32.2. The number of anilines is 1. The molecule has 2 rings (SSSR count). The zero-order valence-electron chi connectivity index (χ0n) is 13.8. The Morgan fingerprint density at radius 2 is 1.69 bits per heavy atom. The van der Waals surface area contributed by atoms with Crippen molar-refractivity contribution in [1.29, 1.82) is 0 Å². The highest BCUT2D eigenvalue weighted by Crippen LogP contribution is 2.13. The molecule has 0 aromatic heterocycles. The first-order valence-corrected chi connectivity index (χ1v) is 9.07. The summed E-state index contributed by atoms with van der Waals surface area (Å²) in [6.07, 6.45) is -1.14. The molecule has 0 radical (unpaired) electrons. The van der Waals surface area contributed by atoms with Gasteiger partial charge in [0.05, 0.1) is 0 Å². The number of carbonyl (C=O) groups excluding carboxylic acids is 2. The van der Waals surface area contributed by atoms with E-state index in [0.29, 0.717) is 5.69 Å². The van der Waals surface area contributed by atoms with Crippen LogP contribution in [0.3, 0.4) is 0 Å². The summed E-state index contributed by atoms with van der Waals surface area (Å²) in [7, 11) is -4.22. The van der Waals surface area contributed by atoms with Crippen LogP contribution in [0.4, 0.5) is 10.1 Å². The Morgan fingerprint density at radius 1 is 1.08 bits per heavy atom. The Hall–Kier alpha value is -2.78. The second-order valence-corrected chi connectivity index (χ2v) is 6.98. The van der Waals surface area contributed by atoms with E-state index in [-0.39, 0.29) is 0 Å². The van der Waals surface area contributed by atoms with Gasteiger partial charge in [0, 0.05) is 5.69 Å². The van der Waals surface area contributed by atoms with Crippen molar-refractivity contribution in [3.8, 4) is 0 Å². The number of hydrogen-bond acceptors (Lipinski definition) is 5. The van der Waals surface area contributed by atoms with E-state index in [2.05, 4.69) is 5.32 Å². The van der Waals surface area contributed by atoms with E-state index < -0.39 is 45.3 Å². The maximum atomic E-state index is 13.5. The summed E-state index contributed by atoms with van der Waals surface area (Å²) in [5.74, 6) is -2.48. The molecule has 138 valence electrons. The van der Waals surface area contributed by atoms with Crippen LogP contribution in [0.5, 0.6) is 0 Å². The average molecular weight is 380 g/mol. The van der Waals surface area contributed by atoms with Gasteiger partial charge in [0.25, 0.3) is 5.91 Å². The summed E-state index contributed by atoms with van der Waals surface area (Å²) in [5, 5.41) is 2.55. The van der Waals surface area contributed by atoms with E-state index in [9.17, 15) is 22.4 Å². The van der Waals surface area contributed by atoms with Gasteiger partial charge in [-0.1, -0.05) is 30.3 Å². The van der Waals surface area contributed by atoms with Gasteiger partial charge in [0.1, 0.15) is 17.3 Å². The summed E-state index contributed by atoms with van der Waals surface area (Å²) in [6, 6.07) is 13.3. The first-order chi connectivity index (χ1) is 12.3. The van der Waals surface area contributed by atoms with Crippen LogP contribution in [0.25, 0.3) is 0 Å². The van der Waals surface area contributed by atoms with Crippen molar-refractivity contribution in [2.24, 2.45) is 0 Å². The van der Waals surface area contributed by atoms with Crippen molar-refractivity contribution >= 4 is 27.6 Å². The molecule has 0 aliphatic carbocycles. The standard InChI is InChI=1S/C17H17FN2O5S/c1-12(17(22)20-13-7-3-2-4-8-13)25-16(21)11-19-26(23,24)15-10-6-5-9-14(15)18/h2-10,12,19H,11H2,1H3,(H,20,22)/t12-/m1/s1. The molecule has 0 spiro atoms. The van der Waals surface area contributed by atoms with E-state index in [4.69, 9.17) is 4.74 Å². The minimum Gasteiger partial charge on any atom is -0.452 e. The SMILES string of the molecule is C[C@@H](OC(=O)CNS(=O)(=O)c1ccccc1F)C(=O)Nc1ccccc1. The second kappa shape index (κ2) is 8.54. The molecule has 0 heterocycles. The maximum absolute atomic E-state index is 13.5. The summed E-state index contributed by atoms with van der Waals surface area (Å²) in [4.78, 5) is 23.1. The number of para-hydroxylation sites is 1. The molecule has 0 aliphatic rings. The van der Waals surface area contributed by atoms with E-state index in [1.54, 1.807) is 30.3 Å². The van der Waals surface area contributed by atoms with Gasteiger partial charge in [0.15, 0.2) is 6.10 Å². The third kappa shape index (κ3) is 5.36. The van der Waals surface area contributed by atoms with Crippen LogP contribution in [0.15, 0.2) is 59.5 Å². The van der Waals surface area contributed by atoms with E-state index in [0.717, 1.165) is 12.1 Å². The number of carbonyl (C=O) groups is 2. The largest absolute Gasteiger partial charge is 0.452 e. The first-order valence-electron chi connectivity index (χ1n) is 7.59. The second-order valence-electron chi connectivity index (χ2n) is 5.24. The fourth-order valence-corrected chi connectivity index (χ4v) is 3.00. The molecule has 0 aliphatic heterocycles. The van der Waals surface area contributed by atoms with Crippen molar-refractivity contribution in [2.75, 3.05) is 11.9 Å². The average Bonchev–Trinajstić information content (AvgIpc) is 2.61. The molecule has 0 bridgehead atoms. The normalized spacial score (nSPS) is 12.2. The highest BCUT2D eigenvalue weighted by molar-refractivity contribution is 7.89. The lowest BCUT2D eigenvalue weighted by Gasteiger charge is -2.14. The molecule has 0 unspecified atom stereocenters. The molecule has 1 atom stereocenters. The van der Waals surface area contributed by atoms with Gasteiger partial charge < -0.3 is 10.1 Å². The topological polar surface area (TPSA) is 102 Å². The van der Waals surface area contributed by atoms with Gasteiger partial charge >= 0.3 is 5.97 Å². The van der Waals surface area contributed by atoms with Crippen molar-refractivity contribution in [3.05, 3.63) is 60.4 Å². The summed E-state index contributed by atoms with van der Waals surface area (Å²) in [5.41, 5.74) is 0.528. The Balaban J connectivity index is 1.88. The van der Waals surface area contributed by atoms with Crippen LogP contribution in [0, 0.1) is 5.82 Å². The Kier molecular flexibility index (Phi) is 6.42. The predicted octanol–water partition coefficient (Wildman–Crippen LogP) is 1.67. The van der Waals surface area contributed by atoms with Crippen LogP contribution >= 0.6 is 0 Å². The smallest absolute Gasteiger partial charge is 0.321 e. The van der Waals surface area contributed by atoms with Gasteiger partial charge in [0.2, 0.25) is 10.0 Å². The molecule has 0 fully saturated rings. The van der Waals surface area contributed by atoms with Gasteiger partial charge in [-0.05, 0) is 31.2 Å². The van der Waals surface area contributed by atoms with Crippen molar-refractivity contribution in [3.63, 3.8) is 0 Å². The van der Waals surface area contributed by atoms with Crippen LogP contribution in [0.1, 0.15) is 6.92 Å². The number of nitrogens with one attached hydrogen (secondary N) is 2. The number of halogens is 1. The first kappa shape index (κ1) is 19.5. The lowest BCUT2D eigenvalue weighted by Crippen LogP contribution is -2.36. The quantitative estimate of drug-likeness (QED) is 0.712. The predicted molar refractivity (Wildman–Crippen MR) is 92.2 cm³/mol. The summed E-state index contributed by atoms with van der Waals surface area (Å²) < 4.78 is 44.3. The van der Waals surface area contributed by atoms with Crippen LogP contribution < -0.4 is 10.0 Å². The molecule has 7 nitrogen and oxygen atoms in total. The molecular formula is C17H17FN2O5S. The third-order valence-corrected chi connectivity index (χ3v) is 4.69. The number of rotatable bonds is 7. The molecule has 2 aromatic rings. The molecule has 2 aromatic carbocycles. The highest BCUT2D eigenvalue weighted by Gasteiger charge is 2.22. The zero-order valence-corrected chi connectivity index (χ0v) is 14.6. The van der Waals surface area contributed by atoms with Crippen molar-refractivity contribution < 1.29 is 27.1 Å². The third-order valence-electron chi connectivity index (χ3n) is 3.25. The molecule has 26 heavy (non-hydrogen) atoms. The van der Waals surface area contributed by atoms with E-state index >= 15 is 0 Å². The Labute approximate surface area is 150 Å². The van der Waals surface area contributed by atoms with Gasteiger partial charge in [-0.3, -0.25) is 9.59 Å². The van der Waals surface area contributed by atoms with Crippen LogP contribution in [-0.4, -0.2) is 32.9 Å². The Bertz CT molecular complexity index is 887. The number of benzene rings is 2. The maximum Gasteiger partial charge on any atom is 0.321 e. The van der Waals surface area contributed by atoms with Gasteiger partial charge in [-0.15, -0.1) is 0 Å². The van der Waals surface area contributed by atoms with Crippen molar-refractivity contribution in [2.45, 2.75) is 17.9 Å². The summed E-state index contributed by atoms with van der Waals surface area (Å²) in [6.45, 7) is 0.612. The lowest BCUT2D eigenvalue weighted by atomic mass is 10.3. The number of esters is 1. The lowest BCUT2D eigenvalue weighted by molar-refractivity contribution is -0.151. The van der Waals surface area contributed by atoms with Crippen LogP contribution in [0.2, 0.25) is 0 Å². The summed E-state index contributed by atoms with van der Waals surface area (Å²) >= 11 is 0. The Morgan fingerprint density at radius 3 is 2.35 bits per heavy atom. The molecule has 0 saturated heterocycles. The van der Waals surface area contributed by atoms with Crippen molar-refractivity contribution in [1.82, 2.24) is 4.72 Å². The number of sulfonamides is 1. The van der Waals surface area contributed by atoms with E-state index in [1.165, 1.54) is 19.1 Å². The zero-order chi connectivity index (χ0) is 19.2. The molecular weight excluding hydrogens is 363 g/mol. The minimum atomic E-state index is -4.22. The van der Waals surface area contributed by atoms with Gasteiger partial charge in [-0.2, -0.15) is 4.72 Å². The molecule has 0 saturated carbocycles. The van der Waals surface area contributed by atoms with Crippen LogP contribution in [-0.2, 0) is 24.3 Å². The molecule has 9 heteroatoms. The minimum absolute atomic E-state index is 0.528. The number of ether oxygens (including phenoxy) is 1. The molecule has 2 N–H and O–H groups in total. The fraction of sp³-hybridized carbons (Fsp3) is 0.176. The van der Waals surface area contributed by atoms with Gasteiger partial charge in [-0.25, -0.2) is 12.8 Å². The fourth-order valence-electron chi connectivity index (χ4n) is 1.95. The number of hydrogen-bond donors (Lipinski definition) is 2. The van der Waals surface area contributed by atoms with E-state index in [1.807, 2.05) is 4.72 Å². The number of amides is 1. The molecule has 1 amide bonds. The monoisotopic (exact) mass is 380 g/mol.